The Morgan fingerprint density at radius 3 is 2.10 bits per heavy atom. The van der Waals surface area contributed by atoms with E-state index in [1.54, 1.807) is 42.3 Å². The SMILES string of the molecule is COc1ccc(CCCN(Cc2ccc(-c3ccccc3C(=O)O)cc2)C(=O)c2ccccc2OC(F)F)cc1. The van der Waals surface area contributed by atoms with Crippen molar-refractivity contribution in [3.63, 3.8) is 0 Å². The van der Waals surface area contributed by atoms with E-state index in [9.17, 15) is 23.5 Å². The molecular formula is C32H29F2NO5. The molecule has 8 heteroatoms. The number of alkyl halides is 2. The number of aromatic carboxylic acids is 1. The summed E-state index contributed by atoms with van der Waals surface area (Å²) in [5.41, 5.74) is 3.46. The molecule has 0 bridgehead atoms. The van der Waals surface area contributed by atoms with Crippen LogP contribution in [0.5, 0.6) is 11.5 Å². The fourth-order valence-corrected chi connectivity index (χ4v) is 4.46. The van der Waals surface area contributed by atoms with Crippen molar-refractivity contribution in [1.29, 1.82) is 0 Å². The minimum atomic E-state index is -3.06. The number of carbonyl (C=O) groups is 2. The highest BCUT2D eigenvalue weighted by Crippen LogP contribution is 2.26. The summed E-state index contributed by atoms with van der Waals surface area (Å²) in [6, 6.07) is 27.7. The van der Waals surface area contributed by atoms with Gasteiger partial charge in [0.1, 0.15) is 11.5 Å². The van der Waals surface area contributed by atoms with Crippen molar-refractivity contribution in [2.75, 3.05) is 13.7 Å². The molecule has 4 aromatic carbocycles. The molecule has 206 valence electrons. The standard InChI is InChI=1S/C32H29F2NO5/c1-39-25-18-14-22(15-19-25)7-6-20-35(30(36)28-10-4-5-11-29(28)40-32(33)34)21-23-12-16-24(17-13-23)26-8-2-3-9-27(26)31(37)38/h2-5,8-19,32H,6-7,20-21H2,1H3,(H,37,38). The van der Waals surface area contributed by atoms with Crippen LogP contribution in [-0.2, 0) is 13.0 Å². The molecule has 0 atom stereocenters. The lowest BCUT2D eigenvalue weighted by atomic mass is 9.98. The molecule has 6 nitrogen and oxygen atoms in total. The maximum absolute atomic E-state index is 13.6. The first kappa shape index (κ1) is 28.3. The first-order valence-corrected chi connectivity index (χ1v) is 12.7. The molecule has 0 aliphatic heterocycles. The first-order valence-electron chi connectivity index (χ1n) is 12.7. The molecule has 0 aliphatic carbocycles. The summed E-state index contributed by atoms with van der Waals surface area (Å²) >= 11 is 0. The largest absolute Gasteiger partial charge is 0.497 e. The number of carboxylic acid groups (broad SMARTS) is 1. The van der Waals surface area contributed by atoms with Crippen molar-refractivity contribution in [2.45, 2.75) is 26.0 Å². The van der Waals surface area contributed by atoms with Crippen molar-refractivity contribution >= 4 is 11.9 Å². The molecule has 0 heterocycles. The quantitative estimate of drug-likeness (QED) is 0.209. The summed E-state index contributed by atoms with van der Waals surface area (Å²) in [6.07, 6.45) is 1.34. The number of benzene rings is 4. The zero-order valence-corrected chi connectivity index (χ0v) is 21.9. The molecule has 1 amide bonds. The molecule has 0 saturated heterocycles. The molecule has 0 aromatic heterocycles. The van der Waals surface area contributed by atoms with Gasteiger partial charge in [-0.3, -0.25) is 4.79 Å². The average Bonchev–Trinajstić information content (AvgIpc) is 2.97. The third kappa shape index (κ3) is 7.22. The molecule has 40 heavy (non-hydrogen) atoms. The summed E-state index contributed by atoms with van der Waals surface area (Å²) in [5, 5.41) is 9.53. The smallest absolute Gasteiger partial charge is 0.387 e. The number of hydrogen-bond acceptors (Lipinski definition) is 4. The molecule has 1 N–H and O–H groups in total. The number of carbonyl (C=O) groups excluding carboxylic acids is 1. The second-order valence-electron chi connectivity index (χ2n) is 9.10. The van der Waals surface area contributed by atoms with Gasteiger partial charge in [-0.2, -0.15) is 8.78 Å². The van der Waals surface area contributed by atoms with Crippen LogP contribution in [0.25, 0.3) is 11.1 Å². The lowest BCUT2D eigenvalue weighted by Gasteiger charge is -2.24. The Morgan fingerprint density at radius 2 is 1.45 bits per heavy atom. The topological polar surface area (TPSA) is 76.1 Å². The van der Waals surface area contributed by atoms with Gasteiger partial charge in [0.25, 0.3) is 5.91 Å². The van der Waals surface area contributed by atoms with Crippen LogP contribution in [0.1, 0.15) is 38.3 Å². The van der Waals surface area contributed by atoms with Crippen molar-refractivity contribution in [3.05, 3.63) is 119 Å². The number of aryl methyl sites for hydroxylation is 1. The Hall–Kier alpha value is -4.72. The summed E-state index contributed by atoms with van der Waals surface area (Å²) < 4.78 is 35.9. The Morgan fingerprint density at radius 1 is 0.825 bits per heavy atom. The summed E-state index contributed by atoms with van der Waals surface area (Å²) in [7, 11) is 1.60. The number of rotatable bonds is 12. The summed E-state index contributed by atoms with van der Waals surface area (Å²) in [4.78, 5) is 26.9. The Bertz CT molecular complexity index is 1440. The van der Waals surface area contributed by atoms with Crippen molar-refractivity contribution < 1.29 is 33.0 Å². The number of carboxylic acids is 1. The fraction of sp³-hybridized carbons (Fsp3) is 0.188. The van der Waals surface area contributed by atoms with Gasteiger partial charge in [0, 0.05) is 13.1 Å². The molecule has 0 aliphatic rings. The number of ether oxygens (including phenoxy) is 2. The second-order valence-corrected chi connectivity index (χ2v) is 9.10. The van der Waals surface area contributed by atoms with Crippen LogP contribution in [-0.4, -0.2) is 42.1 Å². The lowest BCUT2D eigenvalue weighted by molar-refractivity contribution is -0.0503. The van der Waals surface area contributed by atoms with Gasteiger partial charge in [0.2, 0.25) is 0 Å². The van der Waals surface area contributed by atoms with Gasteiger partial charge in [-0.05, 0) is 65.4 Å². The highest BCUT2D eigenvalue weighted by Gasteiger charge is 2.21. The zero-order valence-electron chi connectivity index (χ0n) is 21.9. The van der Waals surface area contributed by atoms with E-state index in [2.05, 4.69) is 4.74 Å². The van der Waals surface area contributed by atoms with Gasteiger partial charge in [0.05, 0.1) is 18.2 Å². The van der Waals surface area contributed by atoms with Crippen LogP contribution >= 0.6 is 0 Å². The maximum atomic E-state index is 13.6. The number of para-hydroxylation sites is 1. The Labute approximate surface area is 231 Å². The average molecular weight is 546 g/mol. The predicted octanol–water partition coefficient (Wildman–Crippen LogP) is 6.94. The minimum absolute atomic E-state index is 0.0549. The third-order valence-corrected chi connectivity index (χ3v) is 6.47. The minimum Gasteiger partial charge on any atom is -0.497 e. The second kappa shape index (κ2) is 13.4. The van der Waals surface area contributed by atoms with Crippen molar-refractivity contribution in [1.82, 2.24) is 4.90 Å². The maximum Gasteiger partial charge on any atom is 0.387 e. The van der Waals surface area contributed by atoms with E-state index in [-0.39, 0.29) is 23.4 Å². The molecule has 4 aromatic rings. The fourth-order valence-electron chi connectivity index (χ4n) is 4.46. The van der Waals surface area contributed by atoms with E-state index in [4.69, 9.17) is 4.74 Å². The van der Waals surface area contributed by atoms with Gasteiger partial charge < -0.3 is 19.5 Å². The van der Waals surface area contributed by atoms with Crippen LogP contribution in [0.15, 0.2) is 97.1 Å². The zero-order chi connectivity index (χ0) is 28.5. The van der Waals surface area contributed by atoms with Crippen LogP contribution in [0.2, 0.25) is 0 Å². The van der Waals surface area contributed by atoms with E-state index in [1.165, 1.54) is 18.2 Å². The number of methoxy groups -OCH3 is 1. The van der Waals surface area contributed by atoms with Crippen LogP contribution in [0.4, 0.5) is 8.78 Å². The van der Waals surface area contributed by atoms with E-state index in [0.717, 1.165) is 22.4 Å². The van der Waals surface area contributed by atoms with E-state index in [1.807, 2.05) is 48.5 Å². The van der Waals surface area contributed by atoms with Crippen LogP contribution in [0.3, 0.4) is 0 Å². The molecule has 0 fully saturated rings. The number of hydrogen-bond donors (Lipinski definition) is 1. The van der Waals surface area contributed by atoms with Crippen molar-refractivity contribution in [3.8, 4) is 22.6 Å². The van der Waals surface area contributed by atoms with Crippen molar-refractivity contribution in [2.24, 2.45) is 0 Å². The summed E-state index contributed by atoms with van der Waals surface area (Å²) in [5.74, 6) is -0.863. The molecular weight excluding hydrogens is 516 g/mol. The van der Waals surface area contributed by atoms with E-state index < -0.39 is 18.5 Å². The monoisotopic (exact) mass is 545 g/mol. The van der Waals surface area contributed by atoms with Crippen LogP contribution in [0, 0.1) is 0 Å². The normalized spacial score (nSPS) is 10.8. The highest BCUT2D eigenvalue weighted by atomic mass is 19.3. The van der Waals surface area contributed by atoms with E-state index >= 15 is 0 Å². The highest BCUT2D eigenvalue weighted by molar-refractivity contribution is 5.97. The molecule has 4 rings (SSSR count). The molecule has 0 spiro atoms. The third-order valence-electron chi connectivity index (χ3n) is 6.47. The number of amides is 1. The molecule has 0 radical (unpaired) electrons. The Balaban J connectivity index is 1.56. The lowest BCUT2D eigenvalue weighted by Crippen LogP contribution is -2.32. The summed E-state index contributed by atoms with van der Waals surface area (Å²) in [6.45, 7) is -2.46. The number of nitrogens with zero attached hydrogens (tertiary/aromatic N) is 1. The molecule has 0 unspecified atom stereocenters. The first-order chi connectivity index (χ1) is 19.4. The molecule has 0 saturated carbocycles. The van der Waals surface area contributed by atoms with Gasteiger partial charge >= 0.3 is 12.6 Å². The predicted molar refractivity (Wildman–Crippen MR) is 148 cm³/mol. The number of halogens is 2. The van der Waals surface area contributed by atoms with Crippen LogP contribution < -0.4 is 9.47 Å². The van der Waals surface area contributed by atoms with Gasteiger partial charge in [-0.1, -0.05) is 66.7 Å². The Kier molecular flexibility index (Phi) is 9.46. The van der Waals surface area contributed by atoms with Gasteiger partial charge in [-0.25, -0.2) is 4.79 Å². The van der Waals surface area contributed by atoms with Gasteiger partial charge in [0.15, 0.2) is 0 Å². The van der Waals surface area contributed by atoms with E-state index in [0.29, 0.717) is 24.9 Å². The van der Waals surface area contributed by atoms with Gasteiger partial charge in [-0.15, -0.1) is 0 Å².